The van der Waals surface area contributed by atoms with Crippen LogP contribution in [0, 0.1) is 17.0 Å². The van der Waals surface area contributed by atoms with Crippen molar-refractivity contribution < 1.29 is 9.72 Å². The highest BCUT2D eigenvalue weighted by molar-refractivity contribution is 5.95. The van der Waals surface area contributed by atoms with Gasteiger partial charge in [-0.15, -0.1) is 0 Å². The maximum atomic E-state index is 12.4. The molecule has 1 unspecified atom stereocenters. The lowest BCUT2D eigenvalue weighted by molar-refractivity contribution is -0.385. The molecule has 130 valence electrons. The molecule has 0 aromatic heterocycles. The predicted molar refractivity (Wildman–Crippen MR) is 95.4 cm³/mol. The van der Waals surface area contributed by atoms with Gasteiger partial charge in [0.05, 0.1) is 4.92 Å². The zero-order chi connectivity index (χ0) is 17.8. The summed E-state index contributed by atoms with van der Waals surface area (Å²) in [5.41, 5.74) is 2.11. The van der Waals surface area contributed by atoms with Crippen molar-refractivity contribution in [1.82, 2.24) is 10.2 Å². The Balaban J connectivity index is 1.59. The Morgan fingerprint density at radius 3 is 2.76 bits per heavy atom. The molecular weight excluding hydrogens is 318 g/mol. The first kappa shape index (κ1) is 17.1. The van der Waals surface area contributed by atoms with Crippen LogP contribution in [0.2, 0.25) is 0 Å². The third-order valence-corrected chi connectivity index (χ3v) is 4.52. The van der Waals surface area contributed by atoms with Crippen molar-refractivity contribution in [2.24, 2.45) is 0 Å². The van der Waals surface area contributed by atoms with Gasteiger partial charge in [-0.1, -0.05) is 36.4 Å². The van der Waals surface area contributed by atoms with Crippen LogP contribution < -0.4 is 5.32 Å². The van der Waals surface area contributed by atoms with Gasteiger partial charge in [0.25, 0.3) is 11.6 Å². The van der Waals surface area contributed by atoms with Crippen molar-refractivity contribution in [3.05, 3.63) is 75.3 Å². The molecule has 0 radical (unpaired) electrons. The van der Waals surface area contributed by atoms with E-state index in [0.717, 1.165) is 26.1 Å². The maximum absolute atomic E-state index is 12.4. The van der Waals surface area contributed by atoms with Gasteiger partial charge in [-0.3, -0.25) is 19.8 Å². The van der Waals surface area contributed by atoms with E-state index in [4.69, 9.17) is 0 Å². The minimum atomic E-state index is -0.455. The topological polar surface area (TPSA) is 75.5 Å². The van der Waals surface area contributed by atoms with Crippen LogP contribution in [0.25, 0.3) is 0 Å². The molecule has 2 aromatic carbocycles. The van der Waals surface area contributed by atoms with Crippen LogP contribution in [0.1, 0.15) is 27.9 Å². The SMILES string of the molecule is Cc1ccc(C(=O)NC2CCN(Cc3ccccc3)C2)cc1[N+](=O)[O-]. The number of rotatable bonds is 5. The van der Waals surface area contributed by atoms with Gasteiger partial charge in [0, 0.05) is 42.9 Å². The Hall–Kier alpha value is -2.73. The van der Waals surface area contributed by atoms with E-state index in [9.17, 15) is 14.9 Å². The lowest BCUT2D eigenvalue weighted by Crippen LogP contribution is -2.37. The number of carbonyl (C=O) groups is 1. The second-order valence-corrected chi connectivity index (χ2v) is 6.44. The Kier molecular flexibility index (Phi) is 5.09. The molecule has 1 aliphatic heterocycles. The summed E-state index contributed by atoms with van der Waals surface area (Å²) in [6, 6.07) is 14.9. The molecule has 0 spiro atoms. The predicted octanol–water partition coefficient (Wildman–Crippen LogP) is 2.91. The number of hydrogen-bond donors (Lipinski definition) is 1. The molecule has 1 saturated heterocycles. The van der Waals surface area contributed by atoms with Crippen molar-refractivity contribution >= 4 is 11.6 Å². The number of carbonyl (C=O) groups excluding carboxylic acids is 1. The standard InChI is InChI=1S/C19H21N3O3/c1-14-7-8-16(11-18(14)22(24)25)19(23)20-17-9-10-21(13-17)12-15-5-3-2-4-6-15/h2-8,11,17H,9-10,12-13H2,1H3,(H,20,23). The lowest BCUT2D eigenvalue weighted by atomic mass is 10.1. The molecule has 1 fully saturated rings. The van der Waals surface area contributed by atoms with E-state index in [1.165, 1.54) is 11.6 Å². The number of nitro benzene ring substituents is 1. The summed E-state index contributed by atoms with van der Waals surface area (Å²) in [6.45, 7) is 4.24. The number of nitro groups is 1. The summed E-state index contributed by atoms with van der Waals surface area (Å²) < 4.78 is 0. The molecule has 6 nitrogen and oxygen atoms in total. The monoisotopic (exact) mass is 339 g/mol. The largest absolute Gasteiger partial charge is 0.348 e. The second-order valence-electron chi connectivity index (χ2n) is 6.44. The molecule has 0 saturated carbocycles. The second kappa shape index (κ2) is 7.44. The van der Waals surface area contributed by atoms with Gasteiger partial charge < -0.3 is 5.32 Å². The highest BCUT2D eigenvalue weighted by Gasteiger charge is 2.25. The van der Waals surface area contributed by atoms with Crippen molar-refractivity contribution in [2.75, 3.05) is 13.1 Å². The van der Waals surface area contributed by atoms with Gasteiger partial charge in [-0.25, -0.2) is 0 Å². The van der Waals surface area contributed by atoms with Crippen LogP contribution >= 0.6 is 0 Å². The summed E-state index contributed by atoms with van der Waals surface area (Å²) in [5.74, 6) is -0.255. The molecule has 1 aliphatic rings. The average molecular weight is 339 g/mol. The molecule has 0 aliphatic carbocycles. The van der Waals surface area contributed by atoms with E-state index in [1.54, 1.807) is 19.1 Å². The average Bonchev–Trinajstić information content (AvgIpc) is 3.02. The number of aryl methyl sites for hydroxylation is 1. The Labute approximate surface area is 146 Å². The summed E-state index contributed by atoms with van der Waals surface area (Å²) in [6.07, 6.45) is 0.881. The number of hydrogen-bond acceptors (Lipinski definition) is 4. The van der Waals surface area contributed by atoms with Gasteiger partial charge >= 0.3 is 0 Å². The third-order valence-electron chi connectivity index (χ3n) is 4.52. The maximum Gasteiger partial charge on any atom is 0.273 e. The number of likely N-dealkylation sites (tertiary alicyclic amines) is 1. The first-order valence-corrected chi connectivity index (χ1v) is 8.35. The van der Waals surface area contributed by atoms with Crippen LogP contribution in [-0.4, -0.2) is 34.9 Å². The van der Waals surface area contributed by atoms with Crippen LogP contribution in [0.15, 0.2) is 48.5 Å². The van der Waals surface area contributed by atoms with E-state index in [1.807, 2.05) is 18.2 Å². The first-order valence-electron chi connectivity index (χ1n) is 8.35. The zero-order valence-electron chi connectivity index (χ0n) is 14.1. The van der Waals surface area contributed by atoms with Crippen LogP contribution in [0.3, 0.4) is 0 Å². The molecule has 1 atom stereocenters. The summed E-state index contributed by atoms with van der Waals surface area (Å²) in [5, 5.41) is 14.0. The Morgan fingerprint density at radius 2 is 2.04 bits per heavy atom. The van der Waals surface area contributed by atoms with Gasteiger partial charge in [0.2, 0.25) is 0 Å². The van der Waals surface area contributed by atoms with E-state index >= 15 is 0 Å². The van der Waals surface area contributed by atoms with Crippen LogP contribution in [0.4, 0.5) is 5.69 Å². The van der Waals surface area contributed by atoms with E-state index in [0.29, 0.717) is 11.1 Å². The van der Waals surface area contributed by atoms with Crippen molar-refractivity contribution in [3.8, 4) is 0 Å². The van der Waals surface area contributed by atoms with E-state index in [2.05, 4.69) is 22.3 Å². The van der Waals surface area contributed by atoms with Crippen molar-refractivity contribution in [2.45, 2.75) is 25.9 Å². The molecular formula is C19H21N3O3. The molecule has 2 aromatic rings. The molecule has 1 heterocycles. The molecule has 1 N–H and O–H groups in total. The number of nitrogens with one attached hydrogen (secondary N) is 1. The summed E-state index contributed by atoms with van der Waals surface area (Å²) in [4.78, 5) is 25.3. The number of nitrogens with zero attached hydrogens (tertiary/aromatic N) is 2. The zero-order valence-corrected chi connectivity index (χ0v) is 14.1. The van der Waals surface area contributed by atoms with Gasteiger partial charge in [-0.2, -0.15) is 0 Å². The fourth-order valence-electron chi connectivity index (χ4n) is 3.15. The third kappa shape index (κ3) is 4.22. The quantitative estimate of drug-likeness (QED) is 0.671. The molecule has 1 amide bonds. The van der Waals surface area contributed by atoms with Crippen molar-refractivity contribution in [3.63, 3.8) is 0 Å². The summed E-state index contributed by atoms with van der Waals surface area (Å²) in [7, 11) is 0. The van der Waals surface area contributed by atoms with Crippen molar-refractivity contribution in [1.29, 1.82) is 0 Å². The minimum absolute atomic E-state index is 0.0234. The highest BCUT2D eigenvalue weighted by atomic mass is 16.6. The fourth-order valence-corrected chi connectivity index (χ4v) is 3.15. The molecule has 0 bridgehead atoms. The summed E-state index contributed by atoms with van der Waals surface area (Å²) >= 11 is 0. The minimum Gasteiger partial charge on any atom is -0.348 e. The van der Waals surface area contributed by atoms with Crippen LogP contribution in [0.5, 0.6) is 0 Å². The Morgan fingerprint density at radius 1 is 1.28 bits per heavy atom. The highest BCUT2D eigenvalue weighted by Crippen LogP contribution is 2.20. The fraction of sp³-hybridized carbons (Fsp3) is 0.316. The Bertz CT molecular complexity index is 777. The lowest BCUT2D eigenvalue weighted by Gasteiger charge is -2.17. The van der Waals surface area contributed by atoms with Crippen LogP contribution in [-0.2, 0) is 6.54 Å². The first-order chi connectivity index (χ1) is 12.0. The van der Waals surface area contributed by atoms with Gasteiger partial charge in [0.15, 0.2) is 0 Å². The smallest absolute Gasteiger partial charge is 0.273 e. The normalized spacial score (nSPS) is 17.4. The molecule has 6 heteroatoms. The van der Waals surface area contributed by atoms with Gasteiger partial charge in [0.1, 0.15) is 0 Å². The molecule has 25 heavy (non-hydrogen) atoms. The number of benzene rings is 2. The van der Waals surface area contributed by atoms with E-state index in [-0.39, 0.29) is 17.6 Å². The van der Waals surface area contributed by atoms with E-state index < -0.39 is 4.92 Å². The number of amides is 1. The molecule has 3 rings (SSSR count). The van der Waals surface area contributed by atoms with Gasteiger partial charge in [-0.05, 0) is 25.0 Å².